The van der Waals surface area contributed by atoms with Gasteiger partial charge in [-0.1, -0.05) is 36.4 Å². The Morgan fingerprint density at radius 2 is 1.97 bits per heavy atom. The molecule has 0 spiro atoms. The van der Waals surface area contributed by atoms with Crippen molar-refractivity contribution < 1.29 is 4.79 Å². The molecule has 0 fully saturated rings. The number of pyridine rings is 1. The highest BCUT2D eigenvalue weighted by molar-refractivity contribution is 7.99. The van der Waals surface area contributed by atoms with E-state index < -0.39 is 6.04 Å². The van der Waals surface area contributed by atoms with Crippen LogP contribution in [0.15, 0.2) is 59.2 Å². The summed E-state index contributed by atoms with van der Waals surface area (Å²) in [5, 5.41) is 11.8. The minimum absolute atomic E-state index is 0.164. The van der Waals surface area contributed by atoms with E-state index in [4.69, 9.17) is 5.10 Å². The molecular weight excluding hydrogens is 408 g/mol. The van der Waals surface area contributed by atoms with Gasteiger partial charge in [0.1, 0.15) is 6.04 Å². The van der Waals surface area contributed by atoms with Gasteiger partial charge in [0.25, 0.3) is 5.91 Å². The minimum Gasteiger partial charge on any atom is -0.328 e. The Labute approximate surface area is 186 Å². The summed E-state index contributed by atoms with van der Waals surface area (Å²) >= 11 is 1.61. The zero-order chi connectivity index (χ0) is 22.0. The third kappa shape index (κ3) is 4.34. The van der Waals surface area contributed by atoms with E-state index in [9.17, 15) is 4.79 Å². The van der Waals surface area contributed by atoms with E-state index >= 15 is 0 Å². The summed E-state index contributed by atoms with van der Waals surface area (Å²) in [5.41, 5.74) is 5.28. The molecule has 0 bridgehead atoms. The fraction of sp³-hybridized carbons (Fsp3) is 0.304. The number of benzene rings is 1. The summed E-state index contributed by atoms with van der Waals surface area (Å²) in [6.07, 6.45) is 4.50. The molecule has 0 saturated carbocycles. The van der Waals surface area contributed by atoms with Crippen molar-refractivity contribution in [3.05, 3.63) is 70.7 Å². The number of hydrogen-bond donors (Lipinski definition) is 2. The number of amides is 1. The molecule has 2 aromatic heterocycles. The number of allylic oxidation sites excluding steroid dienone is 1. The molecule has 4 rings (SSSR count). The number of carbonyl (C=O) groups is 1. The maximum Gasteiger partial charge on any atom is 0.255 e. The lowest BCUT2D eigenvalue weighted by atomic mass is 9.95. The number of anilines is 2. The van der Waals surface area contributed by atoms with Crippen LogP contribution in [0.25, 0.3) is 0 Å². The predicted octanol–water partition coefficient (Wildman–Crippen LogP) is 4.72. The second-order valence-electron chi connectivity index (χ2n) is 7.63. The van der Waals surface area contributed by atoms with E-state index in [-0.39, 0.29) is 5.91 Å². The Morgan fingerprint density at radius 3 is 2.68 bits per heavy atom. The van der Waals surface area contributed by atoms with E-state index in [0.29, 0.717) is 16.7 Å². The van der Waals surface area contributed by atoms with Crippen LogP contribution in [-0.4, -0.2) is 31.4 Å². The predicted molar refractivity (Wildman–Crippen MR) is 124 cm³/mol. The average Bonchev–Trinajstić information content (AvgIpc) is 3.16. The molecular formula is C23H26N6OS. The molecule has 1 aromatic carbocycles. The minimum atomic E-state index is -0.395. The van der Waals surface area contributed by atoms with E-state index in [0.717, 1.165) is 40.2 Å². The highest BCUT2D eigenvalue weighted by atomic mass is 32.2. The largest absolute Gasteiger partial charge is 0.328 e. The lowest BCUT2D eigenvalue weighted by Crippen LogP contribution is -2.31. The van der Waals surface area contributed by atoms with Crippen LogP contribution in [0, 0.1) is 13.8 Å². The molecule has 3 heterocycles. The molecule has 31 heavy (non-hydrogen) atoms. The van der Waals surface area contributed by atoms with Crippen LogP contribution in [-0.2, 0) is 4.79 Å². The number of nitrogens with zero attached hydrogens (tertiary/aromatic N) is 4. The van der Waals surface area contributed by atoms with Gasteiger partial charge in [0.15, 0.2) is 0 Å². The zero-order valence-corrected chi connectivity index (χ0v) is 19.0. The Kier molecular flexibility index (Phi) is 6.08. The molecule has 1 amide bonds. The number of nitrogens with one attached hydrogen (secondary N) is 2. The standard InChI is InChI=1S/C23H26N6OS/c1-5-12-31-23-27-22-25-16(4)19(20(29(22)28-23)17-8-10-24-11-9-17)21(30)26-18-7-6-14(2)13-15(18)3/h6-11,13,20H,5,12H2,1-4H3,(H,26,30)(H,25,27,28). The summed E-state index contributed by atoms with van der Waals surface area (Å²) in [5.74, 6) is 1.42. The molecule has 160 valence electrons. The van der Waals surface area contributed by atoms with Gasteiger partial charge in [0.2, 0.25) is 11.1 Å². The zero-order valence-electron chi connectivity index (χ0n) is 18.1. The highest BCUT2D eigenvalue weighted by Crippen LogP contribution is 2.36. The molecule has 1 aliphatic heterocycles. The summed E-state index contributed by atoms with van der Waals surface area (Å²) in [6, 6.07) is 9.43. The quantitative estimate of drug-likeness (QED) is 0.546. The Balaban J connectivity index is 1.74. The van der Waals surface area contributed by atoms with Crippen LogP contribution in [0.2, 0.25) is 0 Å². The first-order chi connectivity index (χ1) is 15.0. The molecule has 8 heteroatoms. The summed E-state index contributed by atoms with van der Waals surface area (Å²) < 4.78 is 1.80. The molecule has 3 aromatic rings. The first-order valence-corrected chi connectivity index (χ1v) is 11.3. The number of aromatic nitrogens is 4. The number of fused-ring (bicyclic) bond motifs is 1. The van der Waals surface area contributed by atoms with Gasteiger partial charge < -0.3 is 10.6 Å². The summed E-state index contributed by atoms with van der Waals surface area (Å²) in [6.45, 7) is 8.07. The Hall–Kier alpha value is -3.13. The third-order valence-electron chi connectivity index (χ3n) is 5.17. The van der Waals surface area contributed by atoms with Crippen LogP contribution in [0.4, 0.5) is 11.6 Å². The molecule has 0 radical (unpaired) electrons. The van der Waals surface area contributed by atoms with Crippen molar-refractivity contribution in [2.45, 2.75) is 45.3 Å². The monoisotopic (exact) mass is 434 g/mol. The van der Waals surface area contributed by atoms with Gasteiger partial charge in [-0.15, -0.1) is 5.10 Å². The Bertz CT molecular complexity index is 1140. The highest BCUT2D eigenvalue weighted by Gasteiger charge is 2.34. The normalized spacial score (nSPS) is 15.4. The molecule has 1 aliphatic rings. The lowest BCUT2D eigenvalue weighted by Gasteiger charge is -2.28. The maximum atomic E-state index is 13.5. The number of hydrogen-bond acceptors (Lipinski definition) is 6. The molecule has 0 saturated heterocycles. The third-order valence-corrected chi connectivity index (χ3v) is 6.21. The number of rotatable bonds is 6. The number of carbonyl (C=O) groups excluding carboxylic acids is 1. The molecule has 1 atom stereocenters. The smallest absolute Gasteiger partial charge is 0.255 e. The fourth-order valence-electron chi connectivity index (χ4n) is 3.68. The van der Waals surface area contributed by atoms with Crippen molar-refractivity contribution in [2.75, 3.05) is 16.4 Å². The van der Waals surface area contributed by atoms with Crippen molar-refractivity contribution in [1.82, 2.24) is 19.7 Å². The van der Waals surface area contributed by atoms with Crippen molar-refractivity contribution in [1.29, 1.82) is 0 Å². The first-order valence-electron chi connectivity index (χ1n) is 10.3. The number of aryl methyl sites for hydroxylation is 2. The van der Waals surface area contributed by atoms with Crippen LogP contribution < -0.4 is 10.6 Å². The van der Waals surface area contributed by atoms with Crippen LogP contribution in [0.1, 0.15) is 43.0 Å². The number of thioether (sulfide) groups is 1. The van der Waals surface area contributed by atoms with Crippen LogP contribution in [0.3, 0.4) is 0 Å². The van der Waals surface area contributed by atoms with E-state index in [2.05, 4.69) is 33.6 Å². The molecule has 7 nitrogen and oxygen atoms in total. The summed E-state index contributed by atoms with van der Waals surface area (Å²) in [7, 11) is 0. The average molecular weight is 435 g/mol. The van der Waals surface area contributed by atoms with Gasteiger partial charge in [-0.2, -0.15) is 4.98 Å². The topological polar surface area (TPSA) is 84.7 Å². The first kappa shape index (κ1) is 21.1. The fourth-order valence-corrected chi connectivity index (χ4v) is 4.36. The van der Waals surface area contributed by atoms with Gasteiger partial charge in [0, 0.05) is 29.5 Å². The van der Waals surface area contributed by atoms with E-state index in [1.807, 2.05) is 45.0 Å². The van der Waals surface area contributed by atoms with Gasteiger partial charge in [-0.3, -0.25) is 9.78 Å². The molecule has 0 aliphatic carbocycles. The van der Waals surface area contributed by atoms with Gasteiger partial charge in [0.05, 0.1) is 5.57 Å². The maximum absolute atomic E-state index is 13.5. The SMILES string of the molecule is CCCSc1nc2n(n1)C(c1ccncc1)C(C(=O)Nc1ccc(C)cc1C)=C(C)N2. The van der Waals surface area contributed by atoms with Crippen molar-refractivity contribution in [3.63, 3.8) is 0 Å². The van der Waals surface area contributed by atoms with E-state index in [1.165, 1.54) is 0 Å². The van der Waals surface area contributed by atoms with Crippen molar-refractivity contribution in [2.24, 2.45) is 0 Å². The molecule has 2 N–H and O–H groups in total. The van der Waals surface area contributed by atoms with Crippen LogP contribution >= 0.6 is 11.8 Å². The van der Waals surface area contributed by atoms with E-state index in [1.54, 1.807) is 28.8 Å². The van der Waals surface area contributed by atoms with Gasteiger partial charge in [-0.25, -0.2) is 4.68 Å². The second-order valence-corrected chi connectivity index (χ2v) is 8.69. The molecule has 1 unspecified atom stereocenters. The second kappa shape index (κ2) is 8.93. The van der Waals surface area contributed by atoms with Crippen molar-refractivity contribution in [3.8, 4) is 0 Å². The van der Waals surface area contributed by atoms with Gasteiger partial charge in [-0.05, 0) is 56.5 Å². The lowest BCUT2D eigenvalue weighted by molar-refractivity contribution is -0.113. The Morgan fingerprint density at radius 1 is 1.19 bits per heavy atom. The summed E-state index contributed by atoms with van der Waals surface area (Å²) in [4.78, 5) is 22.3. The van der Waals surface area contributed by atoms with Gasteiger partial charge >= 0.3 is 0 Å². The van der Waals surface area contributed by atoms with Crippen molar-refractivity contribution >= 4 is 29.3 Å². The van der Waals surface area contributed by atoms with Crippen LogP contribution in [0.5, 0.6) is 0 Å².